The third-order valence-corrected chi connectivity index (χ3v) is 7.06. The number of benzene rings is 1. The number of carbonyl (C=O) groups is 2. The number of methoxy groups -OCH3 is 1. The van der Waals surface area contributed by atoms with Gasteiger partial charge in [-0.05, 0) is 49.1 Å². The Balaban J connectivity index is 1.19. The highest BCUT2D eigenvalue weighted by Crippen LogP contribution is 2.32. The van der Waals surface area contributed by atoms with E-state index in [1.54, 1.807) is 37.2 Å². The van der Waals surface area contributed by atoms with Crippen LogP contribution in [0, 0.1) is 0 Å². The lowest BCUT2D eigenvalue weighted by Gasteiger charge is -2.23. The zero-order chi connectivity index (χ0) is 23.5. The summed E-state index contributed by atoms with van der Waals surface area (Å²) in [5.41, 5.74) is 4.71. The zero-order valence-corrected chi connectivity index (χ0v) is 19.6. The normalized spacial score (nSPS) is 17.5. The number of aromatic nitrogens is 2. The van der Waals surface area contributed by atoms with E-state index in [1.165, 1.54) is 0 Å². The van der Waals surface area contributed by atoms with Crippen LogP contribution in [0.25, 0.3) is 11.0 Å². The average molecular weight is 476 g/mol. The number of rotatable bonds is 6. The van der Waals surface area contributed by atoms with E-state index in [0.29, 0.717) is 47.4 Å². The lowest BCUT2D eigenvalue weighted by molar-refractivity contribution is -0.114. The minimum atomic E-state index is -0.113. The predicted molar refractivity (Wildman–Crippen MR) is 133 cm³/mol. The minimum Gasteiger partial charge on any atom is -0.481 e. The van der Waals surface area contributed by atoms with Crippen molar-refractivity contribution in [2.24, 2.45) is 0 Å². The summed E-state index contributed by atoms with van der Waals surface area (Å²) in [6, 6.07) is 11.8. The lowest BCUT2D eigenvalue weighted by atomic mass is 9.94. The van der Waals surface area contributed by atoms with Gasteiger partial charge in [0.2, 0.25) is 11.8 Å². The number of hydrogen-bond acceptors (Lipinski definition) is 7. The van der Waals surface area contributed by atoms with Gasteiger partial charge in [-0.2, -0.15) is 0 Å². The van der Waals surface area contributed by atoms with Crippen LogP contribution in [0.5, 0.6) is 5.88 Å². The molecule has 9 heteroatoms. The molecule has 0 bridgehead atoms. The highest BCUT2D eigenvalue weighted by Gasteiger charge is 2.20. The van der Waals surface area contributed by atoms with E-state index in [-0.39, 0.29) is 11.8 Å². The molecule has 1 aliphatic heterocycles. The predicted octanol–water partition coefficient (Wildman–Crippen LogP) is 3.89. The maximum atomic E-state index is 12.9. The van der Waals surface area contributed by atoms with Crippen LogP contribution in [-0.4, -0.2) is 40.7 Å². The summed E-state index contributed by atoms with van der Waals surface area (Å²) in [5, 5.41) is 9.50. The van der Waals surface area contributed by atoms with E-state index in [9.17, 15) is 9.59 Å². The summed E-state index contributed by atoms with van der Waals surface area (Å²) in [6.45, 7) is 0.713. The second kappa shape index (κ2) is 9.82. The van der Waals surface area contributed by atoms with Crippen LogP contribution in [0.2, 0.25) is 0 Å². The summed E-state index contributed by atoms with van der Waals surface area (Å²) < 4.78 is 5.21. The van der Waals surface area contributed by atoms with E-state index >= 15 is 0 Å². The lowest BCUT2D eigenvalue weighted by Crippen LogP contribution is -2.31. The quantitative estimate of drug-likeness (QED) is 0.497. The smallest absolute Gasteiger partial charge is 0.251 e. The van der Waals surface area contributed by atoms with Crippen molar-refractivity contribution in [2.75, 3.05) is 23.5 Å². The van der Waals surface area contributed by atoms with Crippen LogP contribution in [0.1, 0.15) is 24.8 Å². The fourth-order valence-corrected chi connectivity index (χ4v) is 4.94. The van der Waals surface area contributed by atoms with E-state index in [1.807, 2.05) is 18.2 Å². The van der Waals surface area contributed by atoms with Gasteiger partial charge < -0.3 is 20.7 Å². The van der Waals surface area contributed by atoms with Gasteiger partial charge in [-0.3, -0.25) is 14.6 Å². The molecular formula is C25H25N5O3S. The molecule has 1 unspecified atom stereocenters. The van der Waals surface area contributed by atoms with E-state index in [2.05, 4.69) is 38.1 Å². The summed E-state index contributed by atoms with van der Waals surface area (Å²) in [4.78, 5) is 34.4. The van der Waals surface area contributed by atoms with Crippen molar-refractivity contribution >= 4 is 46.0 Å². The van der Waals surface area contributed by atoms with Crippen LogP contribution >= 0.6 is 11.8 Å². The Kier molecular flexibility index (Phi) is 6.46. The van der Waals surface area contributed by atoms with Crippen molar-refractivity contribution in [3.8, 4) is 5.88 Å². The van der Waals surface area contributed by atoms with Gasteiger partial charge in [-0.1, -0.05) is 12.1 Å². The number of thioether (sulfide) groups is 1. The summed E-state index contributed by atoms with van der Waals surface area (Å²) >= 11 is 1.57. The molecule has 34 heavy (non-hydrogen) atoms. The Morgan fingerprint density at radius 2 is 2.18 bits per heavy atom. The highest BCUT2D eigenvalue weighted by atomic mass is 32.2. The highest BCUT2D eigenvalue weighted by molar-refractivity contribution is 8.00. The molecule has 3 N–H and O–H groups in total. The number of ether oxygens (including phenoxy) is 1. The second-order valence-electron chi connectivity index (χ2n) is 8.28. The molecule has 1 aliphatic carbocycles. The van der Waals surface area contributed by atoms with Gasteiger partial charge in [0.15, 0.2) is 0 Å². The number of nitrogens with zero attached hydrogens (tertiary/aromatic N) is 2. The van der Waals surface area contributed by atoms with Gasteiger partial charge in [0.25, 0.3) is 5.91 Å². The Bertz CT molecular complexity index is 1290. The number of amides is 2. The Morgan fingerprint density at radius 3 is 3.00 bits per heavy atom. The molecule has 0 saturated heterocycles. The molecule has 2 amide bonds. The molecule has 0 spiro atoms. The van der Waals surface area contributed by atoms with Crippen LogP contribution in [0.3, 0.4) is 0 Å². The van der Waals surface area contributed by atoms with E-state index < -0.39 is 0 Å². The number of pyridine rings is 2. The molecule has 3 heterocycles. The number of hydrogen-bond donors (Lipinski definition) is 3. The molecule has 2 aliphatic rings. The minimum absolute atomic E-state index is 0.0421. The fourth-order valence-electron chi connectivity index (χ4n) is 4.15. The molecule has 8 nitrogen and oxygen atoms in total. The molecule has 0 saturated carbocycles. The summed E-state index contributed by atoms with van der Waals surface area (Å²) in [6.07, 6.45) is 6.02. The standard InChI is InChI=1S/C25H25N5O3S/c1-33-23-9-7-18-24(30-23)19(10-11-26-18)29-25(32)16-3-5-17(6-4-16)27-13-15-2-8-21-20(12-15)28-22(31)14-34-21/h2-3,7-12,17,27H,4-6,13-14H2,1H3,(H,28,31)(H,26,29,32). The van der Waals surface area contributed by atoms with Gasteiger partial charge in [0.05, 0.1) is 29.8 Å². The van der Waals surface area contributed by atoms with Crippen LogP contribution < -0.4 is 20.7 Å². The van der Waals surface area contributed by atoms with Gasteiger partial charge >= 0.3 is 0 Å². The Hall–Kier alpha value is -3.43. The van der Waals surface area contributed by atoms with Crippen molar-refractivity contribution in [2.45, 2.75) is 36.7 Å². The third kappa shape index (κ3) is 4.90. The van der Waals surface area contributed by atoms with Gasteiger partial charge in [-0.15, -0.1) is 11.8 Å². The van der Waals surface area contributed by atoms with Gasteiger partial charge in [0.1, 0.15) is 5.52 Å². The van der Waals surface area contributed by atoms with Crippen molar-refractivity contribution in [3.63, 3.8) is 0 Å². The number of fused-ring (bicyclic) bond motifs is 2. The van der Waals surface area contributed by atoms with E-state index in [0.717, 1.165) is 34.6 Å². The van der Waals surface area contributed by atoms with Crippen molar-refractivity contribution < 1.29 is 14.3 Å². The van der Waals surface area contributed by atoms with Crippen LogP contribution in [0.15, 0.2) is 59.1 Å². The third-order valence-electron chi connectivity index (χ3n) is 5.99. The number of anilines is 2. The molecule has 0 radical (unpaired) electrons. The molecular weight excluding hydrogens is 450 g/mol. The number of nitrogens with one attached hydrogen (secondary N) is 3. The first-order valence-corrected chi connectivity index (χ1v) is 12.2. The van der Waals surface area contributed by atoms with E-state index in [4.69, 9.17) is 4.74 Å². The zero-order valence-electron chi connectivity index (χ0n) is 18.8. The topological polar surface area (TPSA) is 105 Å². The molecule has 1 aromatic carbocycles. The molecule has 174 valence electrons. The molecule has 2 aromatic heterocycles. The van der Waals surface area contributed by atoms with Crippen LogP contribution in [0.4, 0.5) is 11.4 Å². The molecule has 1 atom stereocenters. The SMILES string of the molecule is COc1ccc2nccc(NC(=O)C3=CCC(NCc4ccc5c(c4)NC(=O)CS5)CC3)c2n1. The largest absolute Gasteiger partial charge is 0.481 e. The Labute approximate surface area is 201 Å². The van der Waals surface area contributed by atoms with Crippen molar-refractivity contribution in [1.82, 2.24) is 15.3 Å². The number of carbonyl (C=O) groups excluding carboxylic acids is 2. The second-order valence-corrected chi connectivity index (χ2v) is 9.30. The molecule has 0 fully saturated rings. The average Bonchev–Trinajstić information content (AvgIpc) is 2.87. The van der Waals surface area contributed by atoms with Gasteiger partial charge in [0, 0.05) is 35.3 Å². The maximum Gasteiger partial charge on any atom is 0.251 e. The molecule has 3 aromatic rings. The van der Waals surface area contributed by atoms with Gasteiger partial charge in [-0.25, -0.2) is 4.98 Å². The molecule has 5 rings (SSSR count). The Morgan fingerprint density at radius 1 is 1.26 bits per heavy atom. The van der Waals surface area contributed by atoms with Crippen molar-refractivity contribution in [1.29, 1.82) is 0 Å². The first-order valence-electron chi connectivity index (χ1n) is 11.2. The monoisotopic (exact) mass is 475 g/mol. The maximum absolute atomic E-state index is 12.9. The fraction of sp³-hybridized carbons (Fsp3) is 0.280. The summed E-state index contributed by atoms with van der Waals surface area (Å²) in [5.74, 6) is 0.873. The van der Waals surface area contributed by atoms with Crippen LogP contribution in [-0.2, 0) is 16.1 Å². The first kappa shape index (κ1) is 22.4. The summed E-state index contributed by atoms with van der Waals surface area (Å²) in [7, 11) is 1.56. The first-order chi connectivity index (χ1) is 16.6. The van der Waals surface area contributed by atoms with Crippen molar-refractivity contribution in [3.05, 3.63) is 59.8 Å².